The zero-order chi connectivity index (χ0) is 7.98. The van der Waals surface area contributed by atoms with E-state index in [0.717, 1.165) is 5.70 Å². The molecule has 0 bridgehead atoms. The van der Waals surface area contributed by atoms with Crippen molar-refractivity contribution in [2.75, 3.05) is 6.61 Å². The molecule has 0 saturated carbocycles. The molecule has 0 amide bonds. The lowest BCUT2D eigenvalue weighted by Gasteiger charge is -2.08. The molecule has 0 aliphatic rings. The van der Waals surface area contributed by atoms with Gasteiger partial charge in [0.25, 0.3) is 0 Å². The maximum absolute atomic E-state index is 8.39. The molecule has 0 aromatic rings. The fourth-order valence-corrected chi connectivity index (χ4v) is 0.614. The van der Waals surface area contributed by atoms with Gasteiger partial charge in [-0.2, -0.15) is 0 Å². The maximum atomic E-state index is 8.39. The SMILES string of the molecule is C=C(/C=C/CO)NC(C)C. The molecule has 0 aromatic heterocycles. The number of aliphatic hydroxyl groups excluding tert-OH is 1. The van der Waals surface area contributed by atoms with Crippen LogP contribution in [0.25, 0.3) is 0 Å². The van der Waals surface area contributed by atoms with Crippen molar-refractivity contribution in [1.82, 2.24) is 5.32 Å². The van der Waals surface area contributed by atoms with Gasteiger partial charge in [0.2, 0.25) is 0 Å². The molecule has 2 N–H and O–H groups in total. The van der Waals surface area contributed by atoms with Crippen LogP contribution in [0.3, 0.4) is 0 Å². The molecule has 2 heteroatoms. The van der Waals surface area contributed by atoms with Gasteiger partial charge >= 0.3 is 0 Å². The highest BCUT2D eigenvalue weighted by atomic mass is 16.2. The van der Waals surface area contributed by atoms with Crippen LogP contribution >= 0.6 is 0 Å². The molecule has 0 rings (SSSR count). The first-order valence-corrected chi connectivity index (χ1v) is 3.39. The van der Waals surface area contributed by atoms with Crippen LogP contribution in [0.2, 0.25) is 0 Å². The van der Waals surface area contributed by atoms with Gasteiger partial charge in [-0.1, -0.05) is 12.7 Å². The van der Waals surface area contributed by atoms with E-state index in [1.165, 1.54) is 0 Å². The van der Waals surface area contributed by atoms with Crippen LogP contribution < -0.4 is 5.32 Å². The van der Waals surface area contributed by atoms with Crippen molar-refractivity contribution in [2.24, 2.45) is 0 Å². The predicted octanol–water partition coefficient (Wildman–Crippen LogP) is 1.05. The molecular formula is C8H15NO. The summed E-state index contributed by atoms with van der Waals surface area (Å²) in [5.41, 5.74) is 0.837. The van der Waals surface area contributed by atoms with Gasteiger partial charge in [0.1, 0.15) is 0 Å². The Bertz CT molecular complexity index is 127. The monoisotopic (exact) mass is 141 g/mol. The largest absolute Gasteiger partial charge is 0.392 e. The van der Waals surface area contributed by atoms with E-state index < -0.39 is 0 Å². The molecule has 0 aromatic carbocycles. The zero-order valence-corrected chi connectivity index (χ0v) is 6.59. The molecule has 2 nitrogen and oxygen atoms in total. The van der Waals surface area contributed by atoms with Crippen LogP contribution in [0.1, 0.15) is 13.8 Å². The Hall–Kier alpha value is -0.760. The van der Waals surface area contributed by atoms with Gasteiger partial charge in [-0.15, -0.1) is 0 Å². The minimum absolute atomic E-state index is 0.0682. The first kappa shape index (κ1) is 9.24. The summed E-state index contributed by atoms with van der Waals surface area (Å²) in [6.45, 7) is 7.87. The number of hydrogen-bond donors (Lipinski definition) is 2. The van der Waals surface area contributed by atoms with Crippen molar-refractivity contribution in [3.05, 3.63) is 24.4 Å². The molecule has 0 atom stereocenters. The summed E-state index contributed by atoms with van der Waals surface area (Å²) in [6, 6.07) is 0.399. The number of allylic oxidation sites excluding steroid dienone is 1. The van der Waals surface area contributed by atoms with E-state index >= 15 is 0 Å². The van der Waals surface area contributed by atoms with E-state index in [1.807, 2.05) is 13.8 Å². The molecule has 0 aliphatic heterocycles. The van der Waals surface area contributed by atoms with E-state index in [-0.39, 0.29) is 6.61 Å². The lowest BCUT2D eigenvalue weighted by atomic mass is 10.3. The molecule has 58 valence electrons. The molecule has 0 saturated heterocycles. The van der Waals surface area contributed by atoms with E-state index in [1.54, 1.807) is 12.2 Å². The molecule has 0 heterocycles. The van der Waals surface area contributed by atoms with E-state index in [4.69, 9.17) is 5.11 Å². The summed E-state index contributed by atoms with van der Waals surface area (Å²) in [4.78, 5) is 0. The molecule has 0 aliphatic carbocycles. The Morgan fingerprint density at radius 2 is 2.30 bits per heavy atom. The van der Waals surface area contributed by atoms with Gasteiger partial charge in [0.15, 0.2) is 0 Å². The van der Waals surface area contributed by atoms with Gasteiger partial charge in [-0.3, -0.25) is 0 Å². The maximum Gasteiger partial charge on any atom is 0.0616 e. The average Bonchev–Trinajstić information content (AvgIpc) is 1.82. The van der Waals surface area contributed by atoms with Gasteiger partial charge in [-0.25, -0.2) is 0 Å². The van der Waals surface area contributed by atoms with E-state index in [9.17, 15) is 0 Å². The van der Waals surface area contributed by atoms with Crippen molar-refractivity contribution >= 4 is 0 Å². The highest BCUT2D eigenvalue weighted by Gasteiger charge is 1.89. The quantitative estimate of drug-likeness (QED) is 0.573. The van der Waals surface area contributed by atoms with Crippen molar-refractivity contribution < 1.29 is 5.11 Å². The summed E-state index contributed by atoms with van der Waals surface area (Å²) in [5, 5.41) is 11.5. The average molecular weight is 141 g/mol. The number of nitrogens with one attached hydrogen (secondary N) is 1. The molecule has 0 spiro atoms. The highest BCUT2D eigenvalue weighted by molar-refractivity contribution is 5.12. The predicted molar refractivity (Wildman–Crippen MR) is 43.6 cm³/mol. The molecule has 0 fully saturated rings. The van der Waals surface area contributed by atoms with Crippen molar-refractivity contribution in [3.63, 3.8) is 0 Å². The van der Waals surface area contributed by atoms with Gasteiger partial charge in [0, 0.05) is 11.7 Å². The van der Waals surface area contributed by atoms with Crippen molar-refractivity contribution in [2.45, 2.75) is 19.9 Å². The second-order valence-electron chi connectivity index (χ2n) is 2.41. The Morgan fingerprint density at radius 3 is 2.70 bits per heavy atom. The summed E-state index contributed by atoms with van der Waals surface area (Å²) in [6.07, 6.45) is 3.41. The van der Waals surface area contributed by atoms with E-state index in [0.29, 0.717) is 6.04 Å². The van der Waals surface area contributed by atoms with Gasteiger partial charge < -0.3 is 10.4 Å². The lowest BCUT2D eigenvalue weighted by Crippen LogP contribution is -2.19. The van der Waals surface area contributed by atoms with Crippen LogP contribution in [0.4, 0.5) is 0 Å². The zero-order valence-electron chi connectivity index (χ0n) is 6.59. The van der Waals surface area contributed by atoms with Crippen LogP contribution in [-0.2, 0) is 0 Å². The third-order valence-corrected chi connectivity index (χ3v) is 0.899. The van der Waals surface area contributed by atoms with Crippen molar-refractivity contribution in [1.29, 1.82) is 0 Å². The molecule has 0 unspecified atom stereocenters. The molecule has 0 radical (unpaired) electrons. The Kier molecular flexibility index (Phi) is 4.67. The van der Waals surface area contributed by atoms with Crippen molar-refractivity contribution in [3.8, 4) is 0 Å². The minimum atomic E-state index is 0.0682. The number of aliphatic hydroxyl groups is 1. The van der Waals surface area contributed by atoms with Crippen LogP contribution in [0, 0.1) is 0 Å². The first-order chi connectivity index (χ1) is 4.66. The highest BCUT2D eigenvalue weighted by Crippen LogP contribution is 1.89. The fourth-order valence-electron chi connectivity index (χ4n) is 0.614. The number of hydrogen-bond acceptors (Lipinski definition) is 2. The summed E-state index contributed by atoms with van der Waals surface area (Å²) < 4.78 is 0. The van der Waals surface area contributed by atoms with Gasteiger partial charge in [-0.05, 0) is 19.9 Å². The first-order valence-electron chi connectivity index (χ1n) is 3.39. The van der Waals surface area contributed by atoms with Gasteiger partial charge in [0.05, 0.1) is 6.61 Å². The summed E-state index contributed by atoms with van der Waals surface area (Å²) >= 11 is 0. The standard InChI is InChI=1S/C8H15NO/c1-7(2)9-8(3)5-4-6-10/h4-5,7,9-10H,3,6H2,1-2H3/b5-4+. The third kappa shape index (κ3) is 5.38. The fraction of sp³-hybridized carbons (Fsp3) is 0.500. The minimum Gasteiger partial charge on any atom is -0.392 e. The van der Waals surface area contributed by atoms with Crippen LogP contribution in [0.5, 0.6) is 0 Å². The Morgan fingerprint density at radius 1 is 1.70 bits per heavy atom. The van der Waals surface area contributed by atoms with Crippen LogP contribution in [-0.4, -0.2) is 17.8 Å². The summed E-state index contributed by atoms with van der Waals surface area (Å²) in [5.74, 6) is 0. The lowest BCUT2D eigenvalue weighted by molar-refractivity contribution is 0.342. The van der Waals surface area contributed by atoms with Crippen LogP contribution in [0.15, 0.2) is 24.4 Å². The number of rotatable bonds is 4. The Balaban J connectivity index is 3.54. The summed E-state index contributed by atoms with van der Waals surface area (Å²) in [7, 11) is 0. The smallest absolute Gasteiger partial charge is 0.0616 e. The molecule has 10 heavy (non-hydrogen) atoms. The normalized spacial score (nSPS) is 10.8. The molecular weight excluding hydrogens is 126 g/mol. The topological polar surface area (TPSA) is 32.3 Å². The Labute approximate surface area is 62.3 Å². The second kappa shape index (κ2) is 5.06. The van der Waals surface area contributed by atoms with E-state index in [2.05, 4.69) is 11.9 Å². The second-order valence-corrected chi connectivity index (χ2v) is 2.41. The third-order valence-electron chi connectivity index (χ3n) is 0.899.